The Morgan fingerprint density at radius 3 is 2.11 bits per heavy atom. The molecule has 10 heteroatoms. The largest absolute Gasteiger partial charge is 0.497 e. The maximum atomic E-state index is 12.8. The Balaban J connectivity index is 1.47. The van der Waals surface area contributed by atoms with Gasteiger partial charge in [0.05, 0.1) is 27.4 Å². The van der Waals surface area contributed by atoms with E-state index in [1.165, 1.54) is 10.8 Å². The van der Waals surface area contributed by atoms with E-state index >= 15 is 0 Å². The first-order chi connectivity index (χ1) is 21.2. The molecule has 0 saturated carbocycles. The molecule has 3 aromatic carbocycles. The van der Waals surface area contributed by atoms with Crippen LogP contribution in [-0.2, 0) is 19.8 Å². The van der Waals surface area contributed by atoms with Crippen molar-refractivity contribution in [2.45, 2.75) is 42.8 Å². The SMILES string of the molecule is COc1ccc(C(OC[C@@]23COCC[C@@]2(O)C[C@H](n2cc(C)c(=O)[nH]c2=O)O3)(c2ccccc2)c2ccc(OC)cc2)cc1. The fourth-order valence-electron chi connectivity index (χ4n) is 6.33. The highest BCUT2D eigenvalue weighted by atomic mass is 16.6. The molecule has 44 heavy (non-hydrogen) atoms. The number of aromatic nitrogens is 2. The van der Waals surface area contributed by atoms with Gasteiger partial charge in [0.15, 0.2) is 0 Å². The van der Waals surface area contributed by atoms with Crippen molar-refractivity contribution >= 4 is 0 Å². The van der Waals surface area contributed by atoms with E-state index in [2.05, 4.69) is 4.98 Å². The van der Waals surface area contributed by atoms with E-state index in [0.717, 1.165) is 16.7 Å². The maximum absolute atomic E-state index is 12.8. The van der Waals surface area contributed by atoms with E-state index in [4.69, 9.17) is 23.7 Å². The Morgan fingerprint density at radius 2 is 1.52 bits per heavy atom. The minimum Gasteiger partial charge on any atom is -0.497 e. The molecule has 0 bridgehead atoms. The molecule has 2 fully saturated rings. The molecule has 0 amide bonds. The highest BCUT2D eigenvalue weighted by Crippen LogP contribution is 2.50. The summed E-state index contributed by atoms with van der Waals surface area (Å²) in [6.45, 7) is 1.91. The number of H-pyrrole nitrogens is 1. The topological polar surface area (TPSA) is 121 Å². The van der Waals surface area contributed by atoms with Gasteiger partial charge in [-0.25, -0.2) is 4.79 Å². The van der Waals surface area contributed by atoms with Gasteiger partial charge < -0.3 is 28.8 Å². The summed E-state index contributed by atoms with van der Waals surface area (Å²) >= 11 is 0. The number of aliphatic hydroxyl groups is 1. The number of hydrogen-bond acceptors (Lipinski definition) is 8. The summed E-state index contributed by atoms with van der Waals surface area (Å²) in [5.74, 6) is 1.39. The lowest BCUT2D eigenvalue weighted by Gasteiger charge is -2.46. The highest BCUT2D eigenvalue weighted by Gasteiger charge is 2.62. The quantitative estimate of drug-likeness (QED) is 0.279. The summed E-state index contributed by atoms with van der Waals surface area (Å²) in [4.78, 5) is 27.2. The summed E-state index contributed by atoms with van der Waals surface area (Å²) in [6, 6.07) is 25.2. The Bertz CT molecular complexity index is 1670. The minimum absolute atomic E-state index is 0.0488. The molecule has 2 aliphatic rings. The Morgan fingerprint density at radius 1 is 0.932 bits per heavy atom. The molecule has 230 valence electrons. The predicted molar refractivity (Wildman–Crippen MR) is 162 cm³/mol. The third-order valence-electron chi connectivity index (χ3n) is 8.87. The number of methoxy groups -OCH3 is 2. The summed E-state index contributed by atoms with van der Waals surface area (Å²) in [5, 5.41) is 12.1. The molecule has 0 spiro atoms. The van der Waals surface area contributed by atoms with E-state index in [0.29, 0.717) is 23.7 Å². The third kappa shape index (κ3) is 5.03. The molecule has 0 aliphatic carbocycles. The van der Waals surface area contributed by atoms with Gasteiger partial charge in [0.1, 0.15) is 34.5 Å². The van der Waals surface area contributed by atoms with E-state index in [-0.39, 0.29) is 26.1 Å². The molecule has 0 radical (unpaired) electrons. The van der Waals surface area contributed by atoms with Gasteiger partial charge in [-0.1, -0.05) is 54.6 Å². The molecule has 3 heterocycles. The number of hydrogen-bond donors (Lipinski definition) is 2. The first-order valence-electron chi connectivity index (χ1n) is 14.5. The molecule has 2 aliphatic heterocycles. The molecule has 2 N–H and O–H groups in total. The second-order valence-electron chi connectivity index (χ2n) is 11.4. The second-order valence-corrected chi connectivity index (χ2v) is 11.4. The highest BCUT2D eigenvalue weighted by molar-refractivity contribution is 5.49. The minimum atomic E-state index is -1.37. The van der Waals surface area contributed by atoms with Crippen LogP contribution in [0.3, 0.4) is 0 Å². The summed E-state index contributed by atoms with van der Waals surface area (Å²) in [7, 11) is 3.23. The number of aromatic amines is 1. The van der Waals surface area contributed by atoms with Crippen molar-refractivity contribution in [3.63, 3.8) is 0 Å². The van der Waals surface area contributed by atoms with Crippen LogP contribution in [0.25, 0.3) is 0 Å². The molecule has 2 saturated heterocycles. The van der Waals surface area contributed by atoms with Crippen molar-refractivity contribution in [3.05, 3.63) is 128 Å². The van der Waals surface area contributed by atoms with Crippen LogP contribution < -0.4 is 20.7 Å². The molecule has 6 rings (SSSR count). The van der Waals surface area contributed by atoms with Crippen molar-refractivity contribution in [1.29, 1.82) is 0 Å². The van der Waals surface area contributed by atoms with Gasteiger partial charge in [-0.3, -0.25) is 14.3 Å². The third-order valence-corrected chi connectivity index (χ3v) is 8.87. The Kier molecular flexibility index (Phi) is 7.93. The van der Waals surface area contributed by atoms with Crippen LogP contribution in [-0.4, -0.2) is 59.9 Å². The Labute approximate surface area is 254 Å². The van der Waals surface area contributed by atoms with Gasteiger partial charge in [-0.15, -0.1) is 0 Å². The van der Waals surface area contributed by atoms with Crippen LogP contribution in [0.1, 0.15) is 41.3 Å². The first-order valence-corrected chi connectivity index (χ1v) is 14.5. The van der Waals surface area contributed by atoms with Crippen LogP contribution in [0.5, 0.6) is 11.5 Å². The van der Waals surface area contributed by atoms with Gasteiger partial charge in [-0.05, 0) is 47.9 Å². The zero-order valence-corrected chi connectivity index (χ0v) is 24.9. The van der Waals surface area contributed by atoms with Crippen LogP contribution in [0.15, 0.2) is 94.6 Å². The van der Waals surface area contributed by atoms with Gasteiger partial charge in [0.25, 0.3) is 5.56 Å². The first kappa shape index (κ1) is 29.8. The number of fused-ring (bicyclic) bond motifs is 1. The number of benzene rings is 3. The summed E-state index contributed by atoms with van der Waals surface area (Å²) in [6.07, 6.45) is 1.02. The number of nitrogens with one attached hydrogen (secondary N) is 1. The van der Waals surface area contributed by atoms with E-state index in [1.54, 1.807) is 21.1 Å². The summed E-state index contributed by atoms with van der Waals surface area (Å²) in [5.41, 5.74) is -2.05. The van der Waals surface area contributed by atoms with Crippen LogP contribution in [0, 0.1) is 6.92 Å². The lowest BCUT2D eigenvalue weighted by Crippen LogP contribution is -2.61. The number of nitrogens with zero attached hydrogens (tertiary/aromatic N) is 1. The molecule has 10 nitrogen and oxygen atoms in total. The number of rotatable bonds is 9. The average molecular weight is 601 g/mol. The molecule has 4 aromatic rings. The van der Waals surface area contributed by atoms with Crippen LogP contribution in [0.4, 0.5) is 0 Å². The lowest BCUT2D eigenvalue weighted by atomic mass is 9.77. The van der Waals surface area contributed by atoms with E-state index in [1.807, 2.05) is 78.9 Å². The zero-order chi connectivity index (χ0) is 31.0. The fourth-order valence-corrected chi connectivity index (χ4v) is 6.33. The molecule has 0 unspecified atom stereocenters. The Hall–Kier alpha value is -4.22. The van der Waals surface area contributed by atoms with Crippen LogP contribution >= 0.6 is 0 Å². The molecule has 1 aromatic heterocycles. The average Bonchev–Trinajstić information content (AvgIpc) is 3.37. The second kappa shape index (κ2) is 11.7. The number of ether oxygens (including phenoxy) is 5. The normalized spacial score (nSPS) is 23.2. The fraction of sp³-hybridized carbons (Fsp3) is 0.353. The van der Waals surface area contributed by atoms with Crippen molar-refractivity contribution in [3.8, 4) is 11.5 Å². The number of aryl methyl sites for hydroxylation is 1. The summed E-state index contributed by atoms with van der Waals surface area (Å²) < 4.78 is 31.8. The van der Waals surface area contributed by atoms with Gasteiger partial charge in [0, 0.05) is 31.2 Å². The van der Waals surface area contributed by atoms with Gasteiger partial charge in [-0.2, -0.15) is 0 Å². The van der Waals surface area contributed by atoms with E-state index < -0.39 is 34.3 Å². The zero-order valence-electron chi connectivity index (χ0n) is 24.9. The van der Waals surface area contributed by atoms with Crippen molar-refractivity contribution in [1.82, 2.24) is 9.55 Å². The van der Waals surface area contributed by atoms with Gasteiger partial charge in [0.2, 0.25) is 0 Å². The van der Waals surface area contributed by atoms with E-state index in [9.17, 15) is 14.7 Å². The van der Waals surface area contributed by atoms with Gasteiger partial charge >= 0.3 is 5.69 Å². The van der Waals surface area contributed by atoms with Crippen molar-refractivity contribution in [2.24, 2.45) is 0 Å². The monoisotopic (exact) mass is 600 g/mol. The van der Waals surface area contributed by atoms with Crippen molar-refractivity contribution in [2.75, 3.05) is 34.0 Å². The molecular weight excluding hydrogens is 564 g/mol. The molecule has 3 atom stereocenters. The standard InChI is InChI=1S/C34H36N2O8/c1-23-20-36(31(38)35-30(23)37)29-19-32(39)17-18-42-21-33(32,44-29)22-43-34(24-7-5-4-6-8-24,25-9-13-27(40-2)14-10-25)26-11-15-28(41-3)16-12-26/h4-16,20,29,39H,17-19,21-22H2,1-3H3,(H,35,37,38)/t29-,32-,33+/m1/s1. The molecular formula is C34H36N2O8. The maximum Gasteiger partial charge on any atom is 0.330 e. The predicted octanol–water partition coefficient (Wildman–Crippen LogP) is 3.68. The lowest BCUT2D eigenvalue weighted by molar-refractivity contribution is -0.237. The van der Waals surface area contributed by atoms with Crippen molar-refractivity contribution < 1.29 is 28.8 Å². The van der Waals surface area contributed by atoms with Crippen LogP contribution in [0.2, 0.25) is 0 Å². The smallest absolute Gasteiger partial charge is 0.330 e.